The van der Waals surface area contributed by atoms with E-state index in [-0.39, 0.29) is 35.7 Å². The Labute approximate surface area is 284 Å². The van der Waals surface area contributed by atoms with E-state index in [0.717, 1.165) is 25.7 Å². The molecule has 10 heteroatoms. The van der Waals surface area contributed by atoms with Gasteiger partial charge in [0.1, 0.15) is 35.6 Å². The number of ketones is 1. The molecule has 48 heavy (non-hydrogen) atoms. The number of carbonyl (C=O) groups is 3. The van der Waals surface area contributed by atoms with E-state index in [9.17, 15) is 29.7 Å². The van der Waals surface area contributed by atoms with Crippen molar-refractivity contribution in [3.05, 3.63) is 40.3 Å². The Bertz CT molecular complexity index is 1450. The van der Waals surface area contributed by atoms with Crippen molar-refractivity contribution in [2.75, 3.05) is 6.61 Å². The van der Waals surface area contributed by atoms with Gasteiger partial charge in [0.2, 0.25) is 0 Å². The Morgan fingerprint density at radius 2 is 1.69 bits per heavy atom. The van der Waals surface area contributed by atoms with E-state index in [4.69, 9.17) is 14.0 Å². The van der Waals surface area contributed by atoms with Crippen LogP contribution in [0.3, 0.4) is 0 Å². The molecule has 2 fully saturated rings. The number of carbonyl (C=O) groups excluding carboxylic acids is 3. The van der Waals surface area contributed by atoms with Gasteiger partial charge in [0.25, 0.3) is 0 Å². The third kappa shape index (κ3) is 5.41. The lowest BCUT2D eigenvalue weighted by atomic mass is 9.59. The quantitative estimate of drug-likeness (QED) is 0.129. The van der Waals surface area contributed by atoms with Crippen molar-refractivity contribution in [1.82, 2.24) is 5.16 Å². The van der Waals surface area contributed by atoms with Gasteiger partial charge in [0.15, 0.2) is 11.5 Å². The summed E-state index contributed by atoms with van der Waals surface area (Å²) in [6, 6.07) is 0. The number of aromatic nitrogens is 1. The lowest BCUT2D eigenvalue weighted by Crippen LogP contribution is -2.65. The zero-order valence-corrected chi connectivity index (χ0v) is 29.8. The number of fused-ring (bicyclic) bond motifs is 3. The molecular weight excluding hydrogens is 614 g/mol. The van der Waals surface area contributed by atoms with Crippen LogP contribution < -0.4 is 0 Å². The molecule has 1 heterocycles. The van der Waals surface area contributed by atoms with E-state index in [0.29, 0.717) is 29.9 Å². The highest BCUT2D eigenvalue weighted by molar-refractivity contribution is 5.96. The molecule has 2 unspecified atom stereocenters. The van der Waals surface area contributed by atoms with Crippen molar-refractivity contribution in [2.45, 2.75) is 143 Å². The third-order valence-corrected chi connectivity index (χ3v) is 12.2. The van der Waals surface area contributed by atoms with E-state index in [1.165, 1.54) is 19.3 Å². The van der Waals surface area contributed by atoms with E-state index >= 15 is 0 Å². The van der Waals surface area contributed by atoms with E-state index < -0.39 is 64.6 Å². The van der Waals surface area contributed by atoms with E-state index in [2.05, 4.69) is 12.1 Å². The number of hydrogen-bond donors (Lipinski definition) is 3. The standard InChI is InChI=1S/C38H55NO9/c1-8-11-12-13-14-15-16-17-28(40)47-37-20-23(5)36-19-22(4)31(41)38(36,45)32(42)24(18-25(33(36)43)30(37)35(37,6)7)21-46-34(44)29-26(9-2)39-48-27(29)10-3/h18-19,23,25,30-32,41-42,45H,8-17,20-21H2,1-7H3/t23?,25-,30+,31-,32+,36?,37-,38+/m0/s1. The highest BCUT2D eigenvalue weighted by Crippen LogP contribution is 2.75. The smallest absolute Gasteiger partial charge is 0.344 e. The Morgan fingerprint density at radius 3 is 2.33 bits per heavy atom. The van der Waals surface area contributed by atoms with Crippen LogP contribution in [0, 0.1) is 28.6 Å². The zero-order valence-electron chi connectivity index (χ0n) is 29.8. The van der Waals surface area contributed by atoms with Crippen LogP contribution in [-0.2, 0) is 31.9 Å². The molecule has 0 aromatic carbocycles. The van der Waals surface area contributed by atoms with Crippen LogP contribution in [-0.4, -0.2) is 68.2 Å². The second-order valence-electron chi connectivity index (χ2n) is 15.3. The number of nitrogens with zero attached hydrogens (tertiary/aromatic N) is 1. The Kier molecular flexibility index (Phi) is 10.2. The molecular formula is C38H55NO9. The van der Waals surface area contributed by atoms with Crippen LogP contribution in [0.4, 0.5) is 0 Å². The Balaban J connectivity index is 1.47. The van der Waals surface area contributed by atoms with Gasteiger partial charge < -0.3 is 29.3 Å². The summed E-state index contributed by atoms with van der Waals surface area (Å²) in [5, 5.41) is 39.9. The first-order valence-electron chi connectivity index (χ1n) is 18.1. The second kappa shape index (κ2) is 13.5. The second-order valence-corrected chi connectivity index (χ2v) is 15.3. The molecule has 0 aliphatic heterocycles. The van der Waals surface area contributed by atoms with Gasteiger partial charge in [0, 0.05) is 30.1 Å². The summed E-state index contributed by atoms with van der Waals surface area (Å²) in [5.74, 6) is -2.87. The number of esters is 2. The molecule has 3 N–H and O–H groups in total. The van der Waals surface area contributed by atoms with Crippen LogP contribution in [0.1, 0.15) is 128 Å². The van der Waals surface area contributed by atoms with Crippen molar-refractivity contribution < 1.29 is 43.7 Å². The van der Waals surface area contributed by atoms with Gasteiger partial charge >= 0.3 is 11.9 Å². The molecule has 0 amide bonds. The minimum Gasteiger partial charge on any atom is -0.458 e. The predicted molar refractivity (Wildman–Crippen MR) is 178 cm³/mol. The Morgan fingerprint density at radius 1 is 1.02 bits per heavy atom. The van der Waals surface area contributed by atoms with Crippen LogP contribution in [0.2, 0.25) is 0 Å². The van der Waals surface area contributed by atoms with Gasteiger partial charge in [-0.05, 0) is 43.3 Å². The highest BCUT2D eigenvalue weighted by atomic mass is 16.6. The number of ether oxygens (including phenoxy) is 2. The van der Waals surface area contributed by atoms with Crippen LogP contribution in [0.5, 0.6) is 0 Å². The van der Waals surface area contributed by atoms with Crippen molar-refractivity contribution in [2.24, 2.45) is 28.6 Å². The van der Waals surface area contributed by atoms with Crippen molar-refractivity contribution >= 4 is 17.7 Å². The maximum absolute atomic E-state index is 14.9. The third-order valence-electron chi connectivity index (χ3n) is 12.2. The van der Waals surface area contributed by atoms with Gasteiger partial charge in [-0.3, -0.25) is 9.59 Å². The first-order chi connectivity index (χ1) is 22.7. The Hall–Kier alpha value is -2.82. The van der Waals surface area contributed by atoms with Crippen LogP contribution >= 0.6 is 0 Å². The number of unbranched alkanes of at least 4 members (excludes halogenated alkanes) is 6. The first-order valence-corrected chi connectivity index (χ1v) is 18.1. The zero-order chi connectivity index (χ0) is 35.2. The van der Waals surface area contributed by atoms with E-state index in [1.807, 2.05) is 34.6 Å². The number of aliphatic hydroxyl groups excluding tert-OH is 2. The number of rotatable bonds is 14. The van der Waals surface area contributed by atoms with Crippen molar-refractivity contribution in [1.29, 1.82) is 0 Å². The van der Waals surface area contributed by atoms with Crippen molar-refractivity contribution in [3.63, 3.8) is 0 Å². The molecule has 1 spiro atoms. The molecule has 5 rings (SSSR count). The summed E-state index contributed by atoms with van der Waals surface area (Å²) in [5.41, 5.74) is -4.40. The molecule has 0 radical (unpaired) electrons. The molecule has 8 atom stereocenters. The average Bonchev–Trinajstić information content (AvgIpc) is 3.29. The monoisotopic (exact) mass is 669 g/mol. The molecule has 2 bridgehead atoms. The summed E-state index contributed by atoms with van der Waals surface area (Å²) < 4.78 is 17.5. The molecule has 2 saturated carbocycles. The molecule has 0 saturated heterocycles. The van der Waals surface area contributed by atoms with Crippen LogP contribution in [0.25, 0.3) is 0 Å². The maximum atomic E-state index is 14.9. The molecule has 266 valence electrons. The van der Waals surface area contributed by atoms with Gasteiger partial charge in [-0.1, -0.05) is 97.4 Å². The molecule has 10 nitrogen and oxygen atoms in total. The summed E-state index contributed by atoms with van der Waals surface area (Å²) in [6.45, 7) is 12.9. The summed E-state index contributed by atoms with van der Waals surface area (Å²) >= 11 is 0. The van der Waals surface area contributed by atoms with E-state index in [1.54, 1.807) is 19.1 Å². The summed E-state index contributed by atoms with van der Waals surface area (Å²) in [6.07, 6.45) is 8.90. The fourth-order valence-electron chi connectivity index (χ4n) is 9.50. The van der Waals surface area contributed by atoms with Crippen LogP contribution in [0.15, 0.2) is 27.8 Å². The number of aliphatic hydroxyl groups is 3. The number of hydrogen-bond acceptors (Lipinski definition) is 10. The maximum Gasteiger partial charge on any atom is 0.344 e. The molecule has 4 aliphatic rings. The predicted octanol–water partition coefficient (Wildman–Crippen LogP) is 5.60. The molecule has 1 aromatic rings. The van der Waals surface area contributed by atoms with Gasteiger partial charge in [0.05, 0.1) is 11.1 Å². The lowest BCUT2D eigenvalue weighted by Gasteiger charge is -2.48. The lowest BCUT2D eigenvalue weighted by molar-refractivity contribution is -0.191. The number of Topliss-reactive ketones (excluding diaryl/α,β-unsaturated/α-hetero) is 1. The molecule has 1 aromatic heterocycles. The number of allylic oxidation sites excluding steroid dienone is 1. The van der Waals surface area contributed by atoms with Gasteiger partial charge in [-0.2, -0.15) is 0 Å². The fraction of sp³-hybridized carbons (Fsp3) is 0.737. The average molecular weight is 670 g/mol. The first kappa shape index (κ1) is 36.5. The summed E-state index contributed by atoms with van der Waals surface area (Å²) in [4.78, 5) is 41.6. The summed E-state index contributed by atoms with van der Waals surface area (Å²) in [7, 11) is 0. The SMILES string of the molecule is CCCCCCCCCC(=O)O[C@@]12CC(C)C34C=C(C)[C@H](O)[C@@]3(O)[C@H](O)C(COC(=O)c3c(CC)noc3CC)=C[C@H](C4=O)[C@@H]1C2(C)C. The van der Waals surface area contributed by atoms with Gasteiger partial charge in [-0.25, -0.2) is 4.79 Å². The highest BCUT2D eigenvalue weighted by Gasteiger charge is 2.83. The fourth-order valence-corrected chi connectivity index (χ4v) is 9.50. The minimum absolute atomic E-state index is 0.112. The minimum atomic E-state index is -2.33. The normalized spacial score (nSPS) is 34.7. The molecule has 4 aliphatic carbocycles. The topological polar surface area (TPSA) is 156 Å². The van der Waals surface area contributed by atoms with Crippen molar-refractivity contribution in [3.8, 4) is 0 Å². The number of aryl methyl sites for hydroxylation is 2. The largest absolute Gasteiger partial charge is 0.458 e. The van der Waals surface area contributed by atoms with Gasteiger partial charge in [-0.15, -0.1) is 0 Å².